The number of likely N-dealkylation sites (tertiary alicyclic amines) is 1. The monoisotopic (exact) mass is 451 g/mol. The van der Waals surface area contributed by atoms with Gasteiger partial charge >= 0.3 is 0 Å². The zero-order valence-electron chi connectivity index (χ0n) is 19.2. The van der Waals surface area contributed by atoms with Gasteiger partial charge in [0.2, 0.25) is 5.88 Å². The summed E-state index contributed by atoms with van der Waals surface area (Å²) in [7, 11) is 1.63. The van der Waals surface area contributed by atoms with Crippen LogP contribution < -0.4 is 9.64 Å². The van der Waals surface area contributed by atoms with E-state index in [2.05, 4.69) is 38.1 Å². The van der Waals surface area contributed by atoms with Gasteiger partial charge in [0.15, 0.2) is 0 Å². The number of ether oxygens (including phenoxy) is 1. The molecule has 6 rings (SSSR count). The first-order chi connectivity index (χ1) is 16.5. The molecule has 4 aromatic rings. The Morgan fingerprint density at radius 2 is 1.79 bits per heavy atom. The van der Waals surface area contributed by atoms with Gasteiger partial charge < -0.3 is 14.5 Å². The van der Waals surface area contributed by atoms with Crippen molar-refractivity contribution in [2.24, 2.45) is 5.41 Å². The highest BCUT2D eigenvalue weighted by atomic mass is 16.5. The second-order valence-electron chi connectivity index (χ2n) is 9.40. The van der Waals surface area contributed by atoms with E-state index in [0.717, 1.165) is 59.6 Å². The van der Waals surface area contributed by atoms with E-state index < -0.39 is 0 Å². The van der Waals surface area contributed by atoms with Gasteiger partial charge in [-0.25, -0.2) is 4.98 Å². The van der Waals surface area contributed by atoms with Crippen LogP contribution in [0.5, 0.6) is 5.88 Å². The van der Waals surface area contributed by atoms with Crippen LogP contribution >= 0.6 is 0 Å². The molecule has 34 heavy (non-hydrogen) atoms. The van der Waals surface area contributed by atoms with E-state index in [1.54, 1.807) is 13.3 Å². The van der Waals surface area contributed by atoms with Crippen LogP contribution in [0, 0.1) is 12.3 Å². The second-order valence-corrected chi connectivity index (χ2v) is 9.40. The highest BCUT2D eigenvalue weighted by molar-refractivity contribution is 5.94. The zero-order chi connectivity index (χ0) is 23.3. The average Bonchev–Trinajstić information content (AvgIpc) is 2.82. The van der Waals surface area contributed by atoms with Crippen molar-refractivity contribution < 1.29 is 9.53 Å². The molecule has 7 heteroatoms. The summed E-state index contributed by atoms with van der Waals surface area (Å²) in [5.41, 5.74) is 5.98. The average molecular weight is 452 g/mol. The normalized spacial score (nSPS) is 16.3. The number of methoxy groups -OCH3 is 1. The third kappa shape index (κ3) is 3.53. The first-order valence-corrected chi connectivity index (χ1v) is 11.4. The van der Waals surface area contributed by atoms with E-state index in [4.69, 9.17) is 4.74 Å². The number of pyridine rings is 3. The van der Waals surface area contributed by atoms with Gasteiger partial charge in [0.25, 0.3) is 5.91 Å². The van der Waals surface area contributed by atoms with E-state index >= 15 is 0 Å². The molecule has 2 aliphatic heterocycles. The Morgan fingerprint density at radius 3 is 2.56 bits per heavy atom. The summed E-state index contributed by atoms with van der Waals surface area (Å²) in [5, 5.41) is 1.06. The van der Waals surface area contributed by atoms with Crippen molar-refractivity contribution in [1.29, 1.82) is 0 Å². The van der Waals surface area contributed by atoms with Gasteiger partial charge in [-0.15, -0.1) is 0 Å². The Hall–Kier alpha value is -4.00. The smallest absolute Gasteiger partial charge is 0.255 e. The predicted octanol–water partition coefficient (Wildman–Crippen LogP) is 3.97. The van der Waals surface area contributed by atoms with Crippen LogP contribution in [0.2, 0.25) is 0 Å². The van der Waals surface area contributed by atoms with Gasteiger partial charge in [-0.2, -0.15) is 0 Å². The number of benzene rings is 1. The summed E-state index contributed by atoms with van der Waals surface area (Å²) < 4.78 is 5.22. The molecular weight excluding hydrogens is 426 g/mol. The number of hydrogen-bond acceptors (Lipinski definition) is 6. The van der Waals surface area contributed by atoms with Crippen LogP contribution in [-0.2, 0) is 0 Å². The molecule has 170 valence electrons. The molecule has 0 N–H and O–H groups in total. The SMILES string of the molecule is COc1ccc2cc(-c3cncc(N4CC5(CN(C(=O)c6ccc(C)nc6)C5)C4)c3)ccc2n1. The van der Waals surface area contributed by atoms with E-state index in [-0.39, 0.29) is 11.3 Å². The summed E-state index contributed by atoms with van der Waals surface area (Å²) in [4.78, 5) is 30.2. The maximum atomic E-state index is 12.7. The molecular formula is C27H25N5O2. The molecule has 2 fully saturated rings. The Bertz CT molecular complexity index is 1390. The van der Waals surface area contributed by atoms with E-state index in [9.17, 15) is 4.79 Å². The number of aromatic nitrogens is 3. The lowest BCUT2D eigenvalue weighted by Crippen LogP contribution is -2.73. The Balaban J connectivity index is 1.13. The maximum absolute atomic E-state index is 12.7. The Kier molecular flexibility index (Phi) is 4.72. The minimum Gasteiger partial charge on any atom is -0.481 e. The van der Waals surface area contributed by atoms with E-state index in [0.29, 0.717) is 11.4 Å². The van der Waals surface area contributed by atoms with Gasteiger partial charge in [-0.05, 0) is 48.9 Å². The molecule has 2 saturated heterocycles. The van der Waals surface area contributed by atoms with Crippen LogP contribution in [-0.4, -0.2) is 59.0 Å². The Morgan fingerprint density at radius 1 is 0.941 bits per heavy atom. The van der Waals surface area contributed by atoms with E-state index in [1.165, 1.54) is 0 Å². The number of carbonyl (C=O) groups excluding carboxylic acids is 1. The van der Waals surface area contributed by atoms with Crippen molar-refractivity contribution in [2.75, 3.05) is 38.2 Å². The number of aryl methyl sites for hydroxylation is 1. The summed E-state index contributed by atoms with van der Waals surface area (Å²) in [6.07, 6.45) is 5.49. The van der Waals surface area contributed by atoms with Gasteiger partial charge in [0.1, 0.15) is 0 Å². The van der Waals surface area contributed by atoms with Crippen LogP contribution in [0.1, 0.15) is 16.1 Å². The number of rotatable bonds is 4. The molecule has 0 atom stereocenters. The molecule has 5 heterocycles. The summed E-state index contributed by atoms with van der Waals surface area (Å²) in [6, 6.07) is 16.1. The largest absolute Gasteiger partial charge is 0.481 e. The van der Waals surface area contributed by atoms with Gasteiger partial charge in [-0.3, -0.25) is 14.8 Å². The number of nitrogens with zero attached hydrogens (tertiary/aromatic N) is 5. The molecule has 7 nitrogen and oxygen atoms in total. The molecule has 0 aliphatic carbocycles. The lowest BCUT2D eigenvalue weighted by Gasteiger charge is -2.60. The topological polar surface area (TPSA) is 71.5 Å². The third-order valence-corrected chi connectivity index (χ3v) is 6.85. The van der Waals surface area contributed by atoms with Crippen molar-refractivity contribution in [3.63, 3.8) is 0 Å². The summed E-state index contributed by atoms with van der Waals surface area (Å²) in [5.74, 6) is 0.686. The molecule has 0 bridgehead atoms. The molecule has 2 aliphatic rings. The van der Waals surface area contributed by atoms with Crippen molar-refractivity contribution in [3.8, 4) is 17.0 Å². The molecule has 0 saturated carbocycles. The number of amides is 1. The standard InChI is InChI=1S/C27H25N5O2/c1-18-3-4-21(12-29-18)26(33)32-16-27(17-32)14-31(15-27)23-10-22(11-28-13-23)19-5-7-24-20(9-19)6-8-25(30-24)34-2/h3-13H,14-17H2,1-2H3. The van der Waals surface area contributed by atoms with Crippen molar-refractivity contribution in [3.05, 3.63) is 78.4 Å². The number of carbonyl (C=O) groups is 1. The molecule has 0 unspecified atom stereocenters. The molecule has 0 radical (unpaired) electrons. The third-order valence-electron chi connectivity index (χ3n) is 6.85. The fraction of sp³-hybridized carbons (Fsp3) is 0.259. The number of hydrogen-bond donors (Lipinski definition) is 0. The molecule has 1 spiro atoms. The van der Waals surface area contributed by atoms with E-state index in [1.807, 2.05) is 54.5 Å². The lowest BCUT2D eigenvalue weighted by atomic mass is 9.72. The van der Waals surface area contributed by atoms with Gasteiger partial charge in [0, 0.05) is 66.7 Å². The predicted molar refractivity (Wildman–Crippen MR) is 131 cm³/mol. The maximum Gasteiger partial charge on any atom is 0.255 e. The van der Waals surface area contributed by atoms with Gasteiger partial charge in [0.05, 0.1) is 30.1 Å². The molecule has 3 aromatic heterocycles. The first-order valence-electron chi connectivity index (χ1n) is 11.4. The number of fused-ring (bicyclic) bond motifs is 1. The number of anilines is 1. The van der Waals surface area contributed by atoms with Gasteiger partial charge in [-0.1, -0.05) is 6.07 Å². The minimum atomic E-state index is 0.0728. The Labute approximate surface area is 198 Å². The fourth-order valence-electron chi connectivity index (χ4n) is 4.99. The molecule has 1 aromatic carbocycles. The molecule has 1 amide bonds. The van der Waals surface area contributed by atoms with Crippen molar-refractivity contribution >= 4 is 22.5 Å². The summed E-state index contributed by atoms with van der Waals surface area (Å²) >= 11 is 0. The van der Waals surface area contributed by atoms with Crippen LogP contribution in [0.3, 0.4) is 0 Å². The quantitative estimate of drug-likeness (QED) is 0.468. The van der Waals surface area contributed by atoms with Crippen LogP contribution in [0.15, 0.2) is 67.1 Å². The first kappa shape index (κ1) is 20.6. The van der Waals surface area contributed by atoms with Crippen molar-refractivity contribution in [1.82, 2.24) is 19.9 Å². The highest BCUT2D eigenvalue weighted by Crippen LogP contribution is 2.42. The fourth-order valence-corrected chi connectivity index (χ4v) is 4.99. The highest BCUT2D eigenvalue weighted by Gasteiger charge is 2.53. The zero-order valence-corrected chi connectivity index (χ0v) is 19.2. The lowest BCUT2D eigenvalue weighted by molar-refractivity contribution is -0.0105. The second kappa shape index (κ2) is 7.80. The van der Waals surface area contributed by atoms with Crippen LogP contribution in [0.4, 0.5) is 5.69 Å². The van der Waals surface area contributed by atoms with Crippen LogP contribution in [0.25, 0.3) is 22.0 Å². The van der Waals surface area contributed by atoms with Crippen molar-refractivity contribution in [2.45, 2.75) is 6.92 Å². The summed E-state index contributed by atoms with van der Waals surface area (Å²) in [6.45, 7) is 5.40. The minimum absolute atomic E-state index is 0.0728.